The third kappa shape index (κ3) is 4.53. The average Bonchev–Trinajstić information content (AvgIpc) is 3.33. The molecule has 0 bridgehead atoms. The molecule has 9 heteroatoms. The van der Waals surface area contributed by atoms with E-state index in [1.165, 1.54) is 23.1 Å². The van der Waals surface area contributed by atoms with Crippen molar-refractivity contribution in [2.75, 3.05) is 23.4 Å². The van der Waals surface area contributed by atoms with Gasteiger partial charge in [0, 0.05) is 11.8 Å². The minimum atomic E-state index is -0.381. The van der Waals surface area contributed by atoms with Crippen LogP contribution in [-0.2, 0) is 9.53 Å². The van der Waals surface area contributed by atoms with Crippen LogP contribution in [-0.4, -0.2) is 34.2 Å². The molecule has 1 aliphatic rings. The lowest BCUT2D eigenvalue weighted by molar-refractivity contribution is -0.113. The normalized spacial score (nSPS) is 13.5. The maximum absolute atomic E-state index is 12.3. The summed E-state index contributed by atoms with van der Waals surface area (Å²) in [7, 11) is 0. The van der Waals surface area contributed by atoms with Crippen LogP contribution < -0.4 is 11.1 Å². The van der Waals surface area contributed by atoms with E-state index in [0.29, 0.717) is 34.1 Å². The highest BCUT2D eigenvalue weighted by Crippen LogP contribution is 2.46. The van der Waals surface area contributed by atoms with E-state index in [1.807, 2.05) is 12.3 Å². The number of aryl methyl sites for hydroxylation is 1. The fourth-order valence-corrected chi connectivity index (χ4v) is 4.25. The van der Waals surface area contributed by atoms with E-state index in [2.05, 4.69) is 15.3 Å². The number of aromatic nitrogens is 2. The number of amides is 1. The van der Waals surface area contributed by atoms with Crippen molar-refractivity contribution in [2.45, 2.75) is 37.8 Å². The van der Waals surface area contributed by atoms with Gasteiger partial charge < -0.3 is 15.8 Å². The molecular weight excluding hydrogens is 372 g/mol. The van der Waals surface area contributed by atoms with Gasteiger partial charge in [0.1, 0.15) is 10.8 Å². The van der Waals surface area contributed by atoms with Gasteiger partial charge in [-0.25, -0.2) is 14.8 Å². The summed E-state index contributed by atoms with van der Waals surface area (Å²) in [6, 6.07) is 1.67. The smallest absolute Gasteiger partial charge is 0.341 e. The Hall–Kier alpha value is -2.13. The van der Waals surface area contributed by atoms with Crippen molar-refractivity contribution in [3.63, 3.8) is 0 Å². The summed E-state index contributed by atoms with van der Waals surface area (Å²) in [5.41, 5.74) is 7.91. The van der Waals surface area contributed by atoms with Gasteiger partial charge in [0.05, 0.1) is 17.9 Å². The highest BCUT2D eigenvalue weighted by atomic mass is 32.2. The molecule has 1 amide bonds. The number of ether oxygens (including phenoxy) is 1. The van der Waals surface area contributed by atoms with Crippen molar-refractivity contribution in [2.24, 2.45) is 0 Å². The Morgan fingerprint density at radius 3 is 2.85 bits per heavy atom. The second-order valence-electron chi connectivity index (χ2n) is 5.94. The van der Waals surface area contributed by atoms with Crippen molar-refractivity contribution >= 4 is 45.8 Å². The fraction of sp³-hybridized carbons (Fsp3) is 0.412. The number of hydrogen-bond acceptors (Lipinski definition) is 8. The zero-order valence-corrected chi connectivity index (χ0v) is 16.2. The van der Waals surface area contributed by atoms with Crippen LogP contribution in [0.2, 0.25) is 0 Å². The van der Waals surface area contributed by atoms with Crippen LogP contribution in [0, 0.1) is 6.92 Å². The Balaban J connectivity index is 1.68. The molecule has 3 N–H and O–H groups in total. The number of nitrogen functional groups attached to an aromatic ring is 1. The van der Waals surface area contributed by atoms with Gasteiger partial charge in [-0.15, -0.1) is 11.3 Å². The highest BCUT2D eigenvalue weighted by Gasteiger charge is 2.32. The predicted octanol–water partition coefficient (Wildman–Crippen LogP) is 3.21. The molecule has 0 atom stereocenters. The van der Waals surface area contributed by atoms with Crippen LogP contribution in [0.15, 0.2) is 16.6 Å². The van der Waals surface area contributed by atoms with Crippen molar-refractivity contribution < 1.29 is 14.3 Å². The molecule has 0 radical (unpaired) electrons. The Labute approximate surface area is 159 Å². The quantitative estimate of drug-likeness (QED) is 0.423. The van der Waals surface area contributed by atoms with E-state index < -0.39 is 0 Å². The highest BCUT2D eigenvalue weighted by molar-refractivity contribution is 7.99. The van der Waals surface area contributed by atoms with Gasteiger partial charge in [-0.2, -0.15) is 0 Å². The van der Waals surface area contributed by atoms with Crippen molar-refractivity contribution in [1.29, 1.82) is 0 Å². The summed E-state index contributed by atoms with van der Waals surface area (Å²) in [5.74, 6) is 0.287. The molecule has 2 aromatic rings. The molecule has 0 spiro atoms. The third-order valence-electron chi connectivity index (χ3n) is 3.76. The summed E-state index contributed by atoms with van der Waals surface area (Å²) < 4.78 is 5.16. The molecule has 1 fully saturated rings. The van der Waals surface area contributed by atoms with E-state index >= 15 is 0 Å². The number of esters is 1. The van der Waals surface area contributed by atoms with Gasteiger partial charge in [-0.05, 0) is 43.6 Å². The first-order valence-corrected chi connectivity index (χ1v) is 10.2. The van der Waals surface area contributed by atoms with Gasteiger partial charge in [-0.1, -0.05) is 11.8 Å². The first-order valence-electron chi connectivity index (χ1n) is 8.30. The number of rotatable bonds is 7. The number of hydrogen-bond donors (Lipinski definition) is 2. The van der Waals surface area contributed by atoms with Crippen molar-refractivity contribution in [1.82, 2.24) is 9.97 Å². The van der Waals surface area contributed by atoms with Gasteiger partial charge in [0.2, 0.25) is 5.91 Å². The van der Waals surface area contributed by atoms with Gasteiger partial charge >= 0.3 is 5.97 Å². The first-order chi connectivity index (χ1) is 12.5. The van der Waals surface area contributed by atoms with Gasteiger partial charge in [-0.3, -0.25) is 4.79 Å². The molecule has 7 nitrogen and oxygen atoms in total. The summed E-state index contributed by atoms with van der Waals surface area (Å²) in [4.78, 5) is 33.0. The monoisotopic (exact) mass is 392 g/mol. The number of carbonyl (C=O) groups is 2. The Kier molecular flexibility index (Phi) is 5.77. The summed E-state index contributed by atoms with van der Waals surface area (Å²) >= 11 is 2.56. The van der Waals surface area contributed by atoms with Crippen LogP contribution in [0.5, 0.6) is 0 Å². The molecule has 0 aromatic carbocycles. The molecule has 2 heterocycles. The molecule has 1 saturated carbocycles. The lowest BCUT2D eigenvalue weighted by Crippen LogP contribution is -2.17. The number of nitrogens with one attached hydrogen (secondary N) is 1. The number of anilines is 2. The number of thiophene rings is 1. The lowest BCUT2D eigenvalue weighted by Gasteiger charge is -2.08. The molecule has 1 aliphatic carbocycles. The number of carbonyl (C=O) groups excluding carboxylic acids is 2. The third-order valence-corrected chi connectivity index (χ3v) is 5.52. The minimum absolute atomic E-state index is 0.127. The number of thioether (sulfide) groups is 1. The van der Waals surface area contributed by atoms with Crippen LogP contribution >= 0.6 is 23.1 Å². The SMILES string of the molecule is CCOC(=O)c1c(C2CC2)csc1NC(=O)CSc1nc(C)cc(N)n1. The fourth-order valence-electron chi connectivity index (χ4n) is 2.49. The van der Waals surface area contributed by atoms with E-state index in [4.69, 9.17) is 10.5 Å². The minimum Gasteiger partial charge on any atom is -0.462 e. The molecule has 0 unspecified atom stereocenters. The molecule has 2 aromatic heterocycles. The lowest BCUT2D eigenvalue weighted by atomic mass is 10.1. The Bertz CT molecular complexity index is 813. The molecular formula is C17H20N4O3S2. The summed E-state index contributed by atoms with van der Waals surface area (Å²) in [5, 5.41) is 5.76. The van der Waals surface area contributed by atoms with Gasteiger partial charge in [0.15, 0.2) is 5.16 Å². The number of nitrogens with zero attached hydrogens (tertiary/aromatic N) is 2. The molecule has 138 valence electrons. The van der Waals surface area contributed by atoms with Crippen LogP contribution in [0.25, 0.3) is 0 Å². The Morgan fingerprint density at radius 2 is 2.19 bits per heavy atom. The van der Waals surface area contributed by atoms with Gasteiger partial charge in [0.25, 0.3) is 0 Å². The maximum Gasteiger partial charge on any atom is 0.341 e. The molecule has 0 aliphatic heterocycles. The van der Waals surface area contributed by atoms with Crippen LogP contribution in [0.1, 0.15) is 47.3 Å². The van der Waals surface area contributed by atoms with E-state index in [-0.39, 0.29) is 17.6 Å². The van der Waals surface area contributed by atoms with Crippen LogP contribution in [0.3, 0.4) is 0 Å². The van der Waals surface area contributed by atoms with E-state index in [0.717, 1.165) is 24.1 Å². The van der Waals surface area contributed by atoms with Crippen LogP contribution in [0.4, 0.5) is 10.8 Å². The summed E-state index contributed by atoms with van der Waals surface area (Å²) in [6.07, 6.45) is 2.14. The topological polar surface area (TPSA) is 107 Å². The van der Waals surface area contributed by atoms with E-state index in [1.54, 1.807) is 13.0 Å². The van der Waals surface area contributed by atoms with Crippen molar-refractivity contribution in [3.05, 3.63) is 28.3 Å². The van der Waals surface area contributed by atoms with Crippen molar-refractivity contribution in [3.8, 4) is 0 Å². The first kappa shape index (κ1) is 18.7. The molecule has 26 heavy (non-hydrogen) atoms. The molecule has 3 rings (SSSR count). The average molecular weight is 393 g/mol. The zero-order chi connectivity index (χ0) is 18.7. The molecule has 0 saturated heterocycles. The predicted molar refractivity (Wildman–Crippen MR) is 103 cm³/mol. The second-order valence-corrected chi connectivity index (χ2v) is 7.77. The number of nitrogens with two attached hydrogens (primary N) is 1. The van der Waals surface area contributed by atoms with E-state index in [9.17, 15) is 9.59 Å². The maximum atomic E-state index is 12.3. The summed E-state index contributed by atoms with van der Waals surface area (Å²) in [6.45, 7) is 3.89. The Morgan fingerprint density at radius 1 is 1.42 bits per heavy atom. The zero-order valence-electron chi connectivity index (χ0n) is 14.6. The standard InChI is InChI=1S/C17H20N4O3S2/c1-3-24-16(23)14-11(10-4-5-10)7-25-15(14)21-13(22)8-26-17-19-9(2)6-12(18)20-17/h6-7,10H,3-5,8H2,1-2H3,(H,21,22)(H2,18,19,20). The second kappa shape index (κ2) is 8.05. The largest absolute Gasteiger partial charge is 0.462 e.